The fraction of sp³-hybridized carbons (Fsp3) is 0.0417. The molecule has 172 valence electrons. The van der Waals surface area contributed by atoms with Gasteiger partial charge in [-0.2, -0.15) is 0 Å². The summed E-state index contributed by atoms with van der Waals surface area (Å²) in [5, 5.41) is 12.9. The van der Waals surface area contributed by atoms with Gasteiger partial charge in [0.1, 0.15) is 11.9 Å². The van der Waals surface area contributed by atoms with Crippen LogP contribution in [0.3, 0.4) is 0 Å². The highest BCUT2D eigenvalue weighted by molar-refractivity contribution is 7.93. The van der Waals surface area contributed by atoms with Crippen LogP contribution in [0, 0.1) is 5.82 Å². The molecular formula is C24H17FN2O5S2. The van der Waals surface area contributed by atoms with E-state index in [9.17, 15) is 13.5 Å². The fourth-order valence-corrected chi connectivity index (χ4v) is 5.38. The first-order chi connectivity index (χ1) is 16.4. The van der Waals surface area contributed by atoms with E-state index in [1.165, 1.54) is 30.9 Å². The van der Waals surface area contributed by atoms with Crippen molar-refractivity contribution in [2.45, 2.75) is 11.0 Å². The third-order valence-corrected chi connectivity index (χ3v) is 7.42. The number of aliphatic hydroxyl groups excluding tert-OH is 1. The van der Waals surface area contributed by atoms with Crippen LogP contribution in [0.25, 0.3) is 22.3 Å². The number of sulfonamides is 1. The van der Waals surface area contributed by atoms with Crippen molar-refractivity contribution >= 4 is 26.5 Å². The maximum Gasteiger partial charge on any atom is 0.263 e. The molecule has 2 N–H and O–H groups in total. The summed E-state index contributed by atoms with van der Waals surface area (Å²) in [4.78, 5) is 3.60. The molecule has 0 amide bonds. The standard InChI is InChI=1S/C24H17FN2O5S2/c25-22-12-18(34(29,30)27-24-26-7-10-33-24)2-4-20(22)23(28)19-3-1-15(16-5-8-31-13-16)11-21(19)17-6-9-32-14-17/h1-14,23,28H,(H,26,27). The first-order valence-corrected chi connectivity index (χ1v) is 12.4. The summed E-state index contributed by atoms with van der Waals surface area (Å²) in [6.07, 6.45) is 6.30. The molecule has 7 nitrogen and oxygen atoms in total. The van der Waals surface area contributed by atoms with E-state index in [0.29, 0.717) is 16.7 Å². The van der Waals surface area contributed by atoms with Crippen molar-refractivity contribution in [3.63, 3.8) is 0 Å². The summed E-state index contributed by atoms with van der Waals surface area (Å²) >= 11 is 1.11. The lowest BCUT2D eigenvalue weighted by molar-refractivity contribution is 0.215. The second-order valence-corrected chi connectivity index (χ2v) is 9.93. The molecule has 0 radical (unpaired) electrons. The molecule has 0 aliphatic carbocycles. The van der Waals surface area contributed by atoms with Gasteiger partial charge in [-0.15, -0.1) is 11.3 Å². The third-order valence-electron chi connectivity index (χ3n) is 5.27. The Kier molecular flexibility index (Phi) is 5.78. The number of halogens is 1. The summed E-state index contributed by atoms with van der Waals surface area (Å²) in [5.41, 5.74) is 3.40. The summed E-state index contributed by atoms with van der Waals surface area (Å²) in [6, 6.07) is 12.3. The van der Waals surface area contributed by atoms with E-state index in [0.717, 1.165) is 28.5 Å². The zero-order valence-electron chi connectivity index (χ0n) is 17.4. The SMILES string of the molecule is O=S(=O)(Nc1nccs1)c1ccc(C(O)c2ccc(-c3ccoc3)cc2-c2ccoc2)c(F)c1. The van der Waals surface area contributed by atoms with Gasteiger partial charge in [-0.25, -0.2) is 17.8 Å². The third kappa shape index (κ3) is 4.26. The van der Waals surface area contributed by atoms with Crippen LogP contribution in [-0.4, -0.2) is 18.5 Å². The molecule has 0 fully saturated rings. The molecule has 10 heteroatoms. The zero-order chi connectivity index (χ0) is 23.7. The second kappa shape index (κ2) is 8.90. The van der Waals surface area contributed by atoms with Gasteiger partial charge in [-0.1, -0.05) is 18.2 Å². The highest BCUT2D eigenvalue weighted by Gasteiger charge is 2.23. The molecule has 5 aromatic rings. The van der Waals surface area contributed by atoms with Crippen molar-refractivity contribution in [1.82, 2.24) is 4.98 Å². The Labute approximate surface area is 198 Å². The second-order valence-electron chi connectivity index (χ2n) is 7.35. The Balaban J connectivity index is 1.51. The van der Waals surface area contributed by atoms with Crippen molar-refractivity contribution in [3.8, 4) is 22.3 Å². The molecule has 3 aromatic heterocycles. The van der Waals surface area contributed by atoms with Gasteiger partial charge in [0.05, 0.1) is 29.9 Å². The van der Waals surface area contributed by atoms with E-state index >= 15 is 4.39 Å². The van der Waals surface area contributed by atoms with Gasteiger partial charge in [0, 0.05) is 28.3 Å². The van der Waals surface area contributed by atoms with Gasteiger partial charge in [0.2, 0.25) is 0 Å². The monoisotopic (exact) mass is 496 g/mol. The van der Waals surface area contributed by atoms with Crippen LogP contribution in [0.2, 0.25) is 0 Å². The van der Waals surface area contributed by atoms with Crippen LogP contribution in [0.1, 0.15) is 17.2 Å². The van der Waals surface area contributed by atoms with Gasteiger partial charge in [0.25, 0.3) is 10.0 Å². The predicted molar refractivity (Wildman–Crippen MR) is 125 cm³/mol. The van der Waals surface area contributed by atoms with Crippen molar-refractivity contribution in [1.29, 1.82) is 0 Å². The number of hydrogen-bond acceptors (Lipinski definition) is 7. The first-order valence-electron chi connectivity index (χ1n) is 10.0. The number of aromatic nitrogens is 1. The molecule has 3 heterocycles. The van der Waals surface area contributed by atoms with Crippen molar-refractivity contribution in [2.24, 2.45) is 0 Å². The summed E-state index contributed by atoms with van der Waals surface area (Å²) in [6.45, 7) is 0. The molecule has 0 spiro atoms. The number of benzene rings is 2. The van der Waals surface area contributed by atoms with Crippen LogP contribution in [0.15, 0.2) is 98.9 Å². The van der Waals surface area contributed by atoms with Crippen molar-refractivity contribution in [2.75, 3.05) is 4.72 Å². The van der Waals surface area contributed by atoms with Gasteiger partial charge >= 0.3 is 0 Å². The maximum absolute atomic E-state index is 15.1. The molecule has 5 rings (SSSR count). The average molecular weight is 497 g/mol. The van der Waals surface area contributed by atoms with Gasteiger partial charge in [-0.05, 0) is 47.0 Å². The molecule has 0 aliphatic rings. The Bertz CT molecular complexity index is 1510. The van der Waals surface area contributed by atoms with Crippen molar-refractivity contribution < 1.29 is 26.7 Å². The number of rotatable bonds is 7. The van der Waals surface area contributed by atoms with Gasteiger partial charge in [-0.3, -0.25) is 4.72 Å². The van der Waals surface area contributed by atoms with E-state index in [1.807, 2.05) is 12.1 Å². The quantitative estimate of drug-likeness (QED) is 0.300. The highest BCUT2D eigenvalue weighted by atomic mass is 32.2. The Morgan fingerprint density at radius 1 is 0.941 bits per heavy atom. The van der Waals surface area contributed by atoms with Crippen molar-refractivity contribution in [3.05, 3.63) is 102 Å². The van der Waals surface area contributed by atoms with E-state index in [1.54, 1.807) is 36.1 Å². The fourth-order valence-electron chi connectivity index (χ4n) is 3.58. The summed E-state index contributed by atoms with van der Waals surface area (Å²) in [5.74, 6) is -0.855. The lowest BCUT2D eigenvalue weighted by Gasteiger charge is -2.18. The molecule has 0 saturated carbocycles. The normalized spacial score (nSPS) is 12.5. The van der Waals surface area contributed by atoms with Crippen LogP contribution >= 0.6 is 11.3 Å². The molecule has 1 atom stereocenters. The van der Waals surface area contributed by atoms with E-state index in [2.05, 4.69) is 9.71 Å². The first kappa shape index (κ1) is 22.1. The molecule has 34 heavy (non-hydrogen) atoms. The Morgan fingerprint density at radius 3 is 2.32 bits per heavy atom. The number of thiazole rings is 1. The number of furan rings is 2. The largest absolute Gasteiger partial charge is 0.472 e. The minimum atomic E-state index is -4.03. The molecule has 0 bridgehead atoms. The van der Waals surface area contributed by atoms with Crippen LogP contribution < -0.4 is 4.72 Å². The molecular weight excluding hydrogens is 479 g/mol. The number of nitrogens with zero attached hydrogens (tertiary/aromatic N) is 1. The smallest absolute Gasteiger partial charge is 0.263 e. The molecule has 1 unspecified atom stereocenters. The molecule has 0 saturated heterocycles. The van der Waals surface area contributed by atoms with E-state index < -0.39 is 21.9 Å². The Morgan fingerprint density at radius 2 is 1.68 bits per heavy atom. The zero-order valence-corrected chi connectivity index (χ0v) is 19.0. The number of hydrogen-bond donors (Lipinski definition) is 2. The minimum Gasteiger partial charge on any atom is -0.472 e. The Hall–Kier alpha value is -3.73. The highest BCUT2D eigenvalue weighted by Crippen LogP contribution is 2.37. The summed E-state index contributed by atoms with van der Waals surface area (Å²) < 4.78 is 52.9. The van der Waals surface area contributed by atoms with Gasteiger partial charge < -0.3 is 13.9 Å². The topological polar surface area (TPSA) is 106 Å². The van der Waals surface area contributed by atoms with Crippen LogP contribution in [-0.2, 0) is 10.0 Å². The van der Waals surface area contributed by atoms with Crippen LogP contribution in [0.4, 0.5) is 9.52 Å². The molecule has 2 aromatic carbocycles. The van der Waals surface area contributed by atoms with Crippen LogP contribution in [0.5, 0.6) is 0 Å². The van der Waals surface area contributed by atoms with E-state index in [4.69, 9.17) is 8.83 Å². The average Bonchev–Trinajstić information content (AvgIpc) is 3.62. The predicted octanol–water partition coefficient (Wildman–Crippen LogP) is 5.68. The lowest BCUT2D eigenvalue weighted by atomic mass is 9.91. The number of aliphatic hydroxyl groups is 1. The number of nitrogens with one attached hydrogen (secondary N) is 1. The maximum atomic E-state index is 15.1. The minimum absolute atomic E-state index is 0.0611. The van der Waals surface area contributed by atoms with Gasteiger partial charge in [0.15, 0.2) is 5.13 Å². The summed E-state index contributed by atoms with van der Waals surface area (Å²) in [7, 11) is -4.03. The number of anilines is 1. The van der Waals surface area contributed by atoms with E-state index in [-0.39, 0.29) is 15.6 Å². The molecule has 0 aliphatic heterocycles. The lowest BCUT2D eigenvalue weighted by Crippen LogP contribution is -2.14.